The molecule has 2 aromatic rings. The second kappa shape index (κ2) is 5.57. The Morgan fingerprint density at radius 3 is 2.58 bits per heavy atom. The third kappa shape index (κ3) is 3.24. The maximum Gasteiger partial charge on any atom is 0.252 e. The van der Waals surface area contributed by atoms with Gasteiger partial charge in [-0.2, -0.15) is 0 Å². The van der Waals surface area contributed by atoms with Crippen LogP contribution in [0.1, 0.15) is 44.9 Å². The van der Waals surface area contributed by atoms with Gasteiger partial charge in [-0.15, -0.1) is 11.3 Å². The molecule has 0 aliphatic rings. The summed E-state index contributed by atoms with van der Waals surface area (Å²) in [6.07, 6.45) is 0. The minimum Gasteiger partial charge on any atom is -0.345 e. The van der Waals surface area contributed by atoms with E-state index in [1.807, 2.05) is 25.3 Å². The van der Waals surface area contributed by atoms with Crippen molar-refractivity contribution in [2.45, 2.75) is 33.7 Å². The molecule has 1 N–H and O–H groups in total. The van der Waals surface area contributed by atoms with Gasteiger partial charge in [0.1, 0.15) is 0 Å². The Morgan fingerprint density at radius 1 is 1.21 bits per heavy atom. The summed E-state index contributed by atoms with van der Waals surface area (Å²) in [5.41, 5.74) is 4.35. The van der Waals surface area contributed by atoms with E-state index < -0.39 is 0 Å². The van der Waals surface area contributed by atoms with Crippen LogP contribution >= 0.6 is 11.3 Å². The summed E-state index contributed by atoms with van der Waals surface area (Å²) in [4.78, 5) is 13.3. The Hall–Kier alpha value is -1.61. The normalized spacial score (nSPS) is 12.2. The number of rotatable bonds is 3. The zero-order valence-corrected chi connectivity index (χ0v) is 12.6. The van der Waals surface area contributed by atoms with Crippen LogP contribution in [0.2, 0.25) is 0 Å². The van der Waals surface area contributed by atoms with Gasteiger partial charge in [0.15, 0.2) is 0 Å². The molecule has 0 saturated heterocycles. The standard InChI is InChI=1S/C16H19NOS/c1-10-5-6-11(2)15(7-10)13(4)17-16(18)14-8-12(3)19-9-14/h5-9,13H,1-4H3,(H,17,18). The predicted octanol–water partition coefficient (Wildman–Crippen LogP) is 4.16. The molecule has 0 bridgehead atoms. The lowest BCUT2D eigenvalue weighted by atomic mass is 10.00. The van der Waals surface area contributed by atoms with Gasteiger partial charge >= 0.3 is 0 Å². The lowest BCUT2D eigenvalue weighted by Crippen LogP contribution is -2.26. The number of amides is 1. The van der Waals surface area contributed by atoms with Gasteiger partial charge in [-0.3, -0.25) is 4.79 Å². The van der Waals surface area contributed by atoms with Gasteiger partial charge in [-0.1, -0.05) is 23.8 Å². The van der Waals surface area contributed by atoms with E-state index >= 15 is 0 Å². The molecule has 1 unspecified atom stereocenters. The summed E-state index contributed by atoms with van der Waals surface area (Å²) >= 11 is 1.60. The maximum absolute atomic E-state index is 12.1. The van der Waals surface area contributed by atoms with Crippen LogP contribution in [0, 0.1) is 20.8 Å². The fourth-order valence-electron chi connectivity index (χ4n) is 2.15. The number of carbonyl (C=O) groups is 1. The van der Waals surface area contributed by atoms with Gasteiger partial charge < -0.3 is 5.32 Å². The molecule has 2 nitrogen and oxygen atoms in total. The molecule has 100 valence electrons. The number of aryl methyl sites for hydroxylation is 3. The van der Waals surface area contributed by atoms with E-state index in [1.165, 1.54) is 16.7 Å². The number of carbonyl (C=O) groups excluding carboxylic acids is 1. The fraction of sp³-hybridized carbons (Fsp3) is 0.312. The van der Waals surface area contributed by atoms with Gasteiger partial charge in [0.25, 0.3) is 5.91 Å². The summed E-state index contributed by atoms with van der Waals surface area (Å²) in [5.74, 6) is -0.00208. The molecule has 0 spiro atoms. The van der Waals surface area contributed by atoms with Crippen molar-refractivity contribution in [3.8, 4) is 0 Å². The topological polar surface area (TPSA) is 29.1 Å². The lowest BCUT2D eigenvalue weighted by Gasteiger charge is -2.17. The first-order valence-corrected chi connectivity index (χ1v) is 7.28. The molecule has 0 fully saturated rings. The highest BCUT2D eigenvalue weighted by Crippen LogP contribution is 2.20. The predicted molar refractivity (Wildman–Crippen MR) is 80.9 cm³/mol. The Balaban J connectivity index is 2.14. The molecule has 3 heteroatoms. The maximum atomic E-state index is 12.1. The number of thiophene rings is 1. The molecule has 1 aromatic heterocycles. The number of hydrogen-bond donors (Lipinski definition) is 1. The third-order valence-corrected chi connectivity index (χ3v) is 4.10. The van der Waals surface area contributed by atoms with E-state index in [9.17, 15) is 4.79 Å². The Kier molecular flexibility index (Phi) is 4.05. The first-order valence-electron chi connectivity index (χ1n) is 6.40. The van der Waals surface area contributed by atoms with Crippen molar-refractivity contribution in [3.63, 3.8) is 0 Å². The first kappa shape index (κ1) is 13.8. The molecule has 1 amide bonds. The average Bonchev–Trinajstić information content (AvgIpc) is 2.79. The minimum absolute atomic E-state index is 0.00208. The molecule has 1 atom stereocenters. The van der Waals surface area contributed by atoms with Crippen LogP contribution in [-0.4, -0.2) is 5.91 Å². The molecule has 1 heterocycles. The monoisotopic (exact) mass is 273 g/mol. The van der Waals surface area contributed by atoms with Gasteiger partial charge in [0.2, 0.25) is 0 Å². The molecule has 0 aliphatic heterocycles. The van der Waals surface area contributed by atoms with E-state index in [0.29, 0.717) is 0 Å². The van der Waals surface area contributed by atoms with Crippen LogP contribution in [0.15, 0.2) is 29.6 Å². The second-order valence-corrected chi connectivity index (χ2v) is 6.12. The van der Waals surface area contributed by atoms with E-state index in [-0.39, 0.29) is 11.9 Å². The number of nitrogens with one attached hydrogen (secondary N) is 1. The molecule has 2 rings (SSSR count). The van der Waals surface area contributed by atoms with E-state index in [1.54, 1.807) is 11.3 Å². The van der Waals surface area contributed by atoms with E-state index in [2.05, 4.69) is 37.4 Å². The molecule has 1 aromatic carbocycles. The van der Waals surface area contributed by atoms with Crippen molar-refractivity contribution in [1.29, 1.82) is 0 Å². The van der Waals surface area contributed by atoms with Crippen molar-refractivity contribution in [1.82, 2.24) is 5.32 Å². The summed E-state index contributed by atoms with van der Waals surface area (Å²) in [5, 5.41) is 4.96. The largest absolute Gasteiger partial charge is 0.345 e. The zero-order chi connectivity index (χ0) is 14.0. The van der Waals surface area contributed by atoms with E-state index in [4.69, 9.17) is 0 Å². The van der Waals surface area contributed by atoms with Crippen molar-refractivity contribution in [2.75, 3.05) is 0 Å². The molecular weight excluding hydrogens is 254 g/mol. The van der Waals surface area contributed by atoms with Crippen molar-refractivity contribution in [3.05, 3.63) is 56.8 Å². The lowest BCUT2D eigenvalue weighted by molar-refractivity contribution is 0.0940. The molecular formula is C16H19NOS. The minimum atomic E-state index is -0.00208. The highest BCUT2D eigenvalue weighted by molar-refractivity contribution is 7.10. The van der Waals surface area contributed by atoms with Crippen LogP contribution in [0.4, 0.5) is 0 Å². The van der Waals surface area contributed by atoms with Gasteiger partial charge in [0.05, 0.1) is 11.6 Å². The molecule has 0 radical (unpaired) electrons. The van der Waals surface area contributed by atoms with Gasteiger partial charge in [-0.05, 0) is 44.9 Å². The van der Waals surface area contributed by atoms with Crippen LogP contribution in [0.25, 0.3) is 0 Å². The average molecular weight is 273 g/mol. The summed E-state index contributed by atoms with van der Waals surface area (Å²) < 4.78 is 0. The van der Waals surface area contributed by atoms with Crippen LogP contribution in [-0.2, 0) is 0 Å². The van der Waals surface area contributed by atoms with Crippen molar-refractivity contribution < 1.29 is 4.79 Å². The quantitative estimate of drug-likeness (QED) is 0.893. The van der Waals surface area contributed by atoms with Crippen molar-refractivity contribution in [2.24, 2.45) is 0 Å². The third-order valence-electron chi connectivity index (χ3n) is 3.24. The number of hydrogen-bond acceptors (Lipinski definition) is 2. The number of benzene rings is 1. The van der Waals surface area contributed by atoms with Gasteiger partial charge in [0, 0.05) is 10.3 Å². The van der Waals surface area contributed by atoms with Crippen molar-refractivity contribution >= 4 is 17.2 Å². The summed E-state index contributed by atoms with van der Waals surface area (Å²) in [6.45, 7) is 8.18. The first-order chi connectivity index (χ1) is 8.97. The summed E-state index contributed by atoms with van der Waals surface area (Å²) in [7, 11) is 0. The Bertz CT molecular complexity index is 601. The van der Waals surface area contributed by atoms with E-state index in [0.717, 1.165) is 10.4 Å². The Labute approximate surface area is 118 Å². The Morgan fingerprint density at radius 2 is 1.95 bits per heavy atom. The highest BCUT2D eigenvalue weighted by atomic mass is 32.1. The molecule has 19 heavy (non-hydrogen) atoms. The summed E-state index contributed by atoms with van der Waals surface area (Å²) in [6, 6.07) is 8.28. The second-order valence-electron chi connectivity index (χ2n) is 5.00. The highest BCUT2D eigenvalue weighted by Gasteiger charge is 2.14. The van der Waals surface area contributed by atoms with Crippen LogP contribution in [0.5, 0.6) is 0 Å². The fourth-order valence-corrected chi connectivity index (χ4v) is 2.83. The SMILES string of the molecule is Cc1ccc(C)c(C(C)NC(=O)c2csc(C)c2)c1. The smallest absolute Gasteiger partial charge is 0.252 e. The van der Waals surface area contributed by atoms with Crippen LogP contribution in [0.3, 0.4) is 0 Å². The van der Waals surface area contributed by atoms with Gasteiger partial charge in [-0.25, -0.2) is 0 Å². The zero-order valence-electron chi connectivity index (χ0n) is 11.8. The molecule has 0 aliphatic carbocycles. The molecule has 0 saturated carbocycles. The van der Waals surface area contributed by atoms with Crippen LogP contribution < -0.4 is 5.32 Å².